The number of hydrogen-bond acceptors (Lipinski definition) is 5. The van der Waals surface area contributed by atoms with Crippen molar-refractivity contribution >= 4 is 29.7 Å². The first-order chi connectivity index (χ1) is 10.5. The van der Waals surface area contributed by atoms with Gasteiger partial charge in [-0.15, -0.1) is 23.7 Å². The number of aromatic nitrogens is 1. The van der Waals surface area contributed by atoms with Crippen molar-refractivity contribution in [2.75, 3.05) is 0 Å². The molecule has 10 heteroatoms. The van der Waals surface area contributed by atoms with E-state index in [1.807, 2.05) is 0 Å². The minimum absolute atomic E-state index is 0. The van der Waals surface area contributed by atoms with Gasteiger partial charge in [-0.05, 0) is 24.6 Å². The number of phenols is 1. The van der Waals surface area contributed by atoms with Gasteiger partial charge in [0, 0.05) is 11.8 Å². The van der Waals surface area contributed by atoms with Gasteiger partial charge in [0.05, 0.1) is 5.56 Å². The number of aromatic hydroxyl groups is 1. The lowest BCUT2D eigenvalue weighted by atomic mass is 9.93. The van der Waals surface area contributed by atoms with Gasteiger partial charge < -0.3 is 15.9 Å². The summed E-state index contributed by atoms with van der Waals surface area (Å²) in [6.07, 6.45) is -4.62. The van der Waals surface area contributed by atoms with Gasteiger partial charge in [0.15, 0.2) is 5.69 Å². The summed E-state index contributed by atoms with van der Waals surface area (Å²) in [4.78, 5) is 14.5. The fourth-order valence-corrected chi connectivity index (χ4v) is 2.74. The number of alkyl halides is 3. The molecule has 0 fully saturated rings. The average molecular weight is 383 g/mol. The molecule has 1 aromatic heterocycles. The van der Waals surface area contributed by atoms with Crippen molar-refractivity contribution in [2.45, 2.75) is 25.1 Å². The Hall–Kier alpha value is -1.84. The van der Waals surface area contributed by atoms with Crippen molar-refractivity contribution in [1.29, 1.82) is 0 Å². The Bertz CT molecular complexity index is 747. The van der Waals surface area contributed by atoms with Crippen LogP contribution in [0.5, 0.6) is 5.75 Å². The SMILES string of the molecule is C[C@@](N)(Cc1ccc(O)c(-c2nc(C(F)(F)F)cs2)c1)C(=O)O.Cl. The third-order valence-corrected chi connectivity index (χ3v) is 4.02. The topological polar surface area (TPSA) is 96.4 Å². The van der Waals surface area contributed by atoms with Crippen LogP contribution in [0.4, 0.5) is 13.2 Å². The quantitative estimate of drug-likeness (QED) is 0.754. The lowest BCUT2D eigenvalue weighted by Crippen LogP contribution is -2.46. The first kappa shape index (κ1) is 20.2. The Morgan fingerprint density at radius 3 is 2.50 bits per heavy atom. The van der Waals surface area contributed by atoms with Crippen molar-refractivity contribution in [3.8, 4) is 16.3 Å². The van der Waals surface area contributed by atoms with E-state index in [9.17, 15) is 23.1 Å². The number of carboxylic acids is 1. The molecule has 132 valence electrons. The zero-order chi connectivity index (χ0) is 17.4. The average Bonchev–Trinajstić information content (AvgIpc) is 2.90. The summed E-state index contributed by atoms with van der Waals surface area (Å²) >= 11 is 0.738. The lowest BCUT2D eigenvalue weighted by molar-refractivity contribution is -0.142. The normalized spacial score (nSPS) is 13.9. The van der Waals surface area contributed by atoms with E-state index in [0.717, 1.165) is 16.7 Å². The highest BCUT2D eigenvalue weighted by molar-refractivity contribution is 7.13. The highest BCUT2D eigenvalue weighted by Crippen LogP contribution is 2.37. The molecule has 1 aromatic carbocycles. The lowest BCUT2D eigenvalue weighted by Gasteiger charge is -2.19. The van der Waals surface area contributed by atoms with Gasteiger partial charge in [-0.25, -0.2) is 4.98 Å². The van der Waals surface area contributed by atoms with E-state index in [4.69, 9.17) is 10.8 Å². The molecule has 0 saturated carbocycles. The first-order valence-corrected chi connectivity index (χ1v) is 7.26. The molecule has 0 unspecified atom stereocenters. The number of carboxylic acid groups (broad SMARTS) is 1. The summed E-state index contributed by atoms with van der Waals surface area (Å²) in [7, 11) is 0. The van der Waals surface area contributed by atoms with Crippen LogP contribution >= 0.6 is 23.7 Å². The minimum Gasteiger partial charge on any atom is -0.507 e. The molecule has 0 amide bonds. The molecule has 2 rings (SSSR count). The van der Waals surface area contributed by atoms with Crippen LogP contribution in [-0.2, 0) is 17.4 Å². The van der Waals surface area contributed by atoms with Crippen molar-refractivity contribution in [2.24, 2.45) is 5.73 Å². The summed E-state index contributed by atoms with van der Waals surface area (Å²) in [5, 5.41) is 19.7. The van der Waals surface area contributed by atoms with E-state index < -0.39 is 23.4 Å². The Balaban J connectivity index is 0.00000288. The van der Waals surface area contributed by atoms with Gasteiger partial charge in [0.2, 0.25) is 0 Å². The second kappa shape index (κ2) is 6.96. The second-order valence-corrected chi connectivity index (χ2v) is 6.14. The number of benzene rings is 1. The van der Waals surface area contributed by atoms with Gasteiger partial charge in [-0.3, -0.25) is 4.79 Å². The summed E-state index contributed by atoms with van der Waals surface area (Å²) in [6, 6.07) is 4.13. The number of aliphatic carboxylic acids is 1. The summed E-state index contributed by atoms with van der Waals surface area (Å²) in [6.45, 7) is 1.33. The molecular formula is C14H14ClF3N2O3S. The molecule has 0 radical (unpaired) electrons. The van der Waals surface area contributed by atoms with Crippen LogP contribution in [-0.4, -0.2) is 26.7 Å². The predicted octanol–water partition coefficient (Wildman–Crippen LogP) is 3.30. The Morgan fingerprint density at radius 2 is 2.00 bits per heavy atom. The number of phenolic OH excluding ortho intramolecular Hbond substituents is 1. The number of rotatable bonds is 4. The molecule has 2 aromatic rings. The molecule has 0 bridgehead atoms. The zero-order valence-corrected chi connectivity index (χ0v) is 13.9. The molecule has 0 saturated heterocycles. The number of halogens is 4. The molecule has 1 heterocycles. The largest absolute Gasteiger partial charge is 0.507 e. The van der Waals surface area contributed by atoms with Gasteiger partial charge in [0.25, 0.3) is 0 Å². The van der Waals surface area contributed by atoms with E-state index in [2.05, 4.69) is 4.98 Å². The van der Waals surface area contributed by atoms with E-state index in [-0.39, 0.29) is 35.1 Å². The maximum Gasteiger partial charge on any atom is 0.434 e. The summed E-state index contributed by atoms with van der Waals surface area (Å²) in [5.41, 5.74) is 3.65. The minimum atomic E-state index is -4.57. The molecule has 24 heavy (non-hydrogen) atoms. The van der Waals surface area contributed by atoms with Crippen molar-refractivity contribution in [1.82, 2.24) is 4.98 Å². The van der Waals surface area contributed by atoms with Crippen molar-refractivity contribution < 1.29 is 28.2 Å². The Morgan fingerprint density at radius 1 is 1.38 bits per heavy atom. The fraction of sp³-hybridized carbons (Fsp3) is 0.286. The highest BCUT2D eigenvalue weighted by atomic mass is 35.5. The Kier molecular flexibility index (Phi) is 5.86. The van der Waals surface area contributed by atoms with Crippen LogP contribution in [0, 0.1) is 0 Å². The number of nitrogens with two attached hydrogens (primary N) is 1. The third kappa shape index (κ3) is 4.37. The van der Waals surface area contributed by atoms with Gasteiger partial charge in [-0.2, -0.15) is 13.2 Å². The standard InChI is InChI=1S/C14H13F3N2O3S.ClH/c1-13(18,12(21)22)5-7-2-3-9(20)8(4-7)11-19-10(6-23-11)14(15,16)17;/h2-4,6,20H,5,18H2,1H3,(H,21,22);1H/t13-;/m1./s1. The third-order valence-electron chi connectivity index (χ3n) is 3.15. The molecule has 5 nitrogen and oxygen atoms in total. The smallest absolute Gasteiger partial charge is 0.434 e. The highest BCUT2D eigenvalue weighted by Gasteiger charge is 2.34. The Labute approximate surface area is 145 Å². The first-order valence-electron chi connectivity index (χ1n) is 6.38. The van der Waals surface area contributed by atoms with Crippen LogP contribution in [0.25, 0.3) is 10.6 Å². The molecule has 0 spiro atoms. The number of carbonyl (C=O) groups is 1. The van der Waals surface area contributed by atoms with Crippen LogP contribution in [0.15, 0.2) is 23.6 Å². The van der Waals surface area contributed by atoms with Crippen LogP contribution < -0.4 is 5.73 Å². The molecular weight excluding hydrogens is 369 g/mol. The number of thiazole rings is 1. The van der Waals surface area contributed by atoms with Gasteiger partial charge in [-0.1, -0.05) is 6.07 Å². The fourth-order valence-electron chi connectivity index (χ4n) is 1.89. The van der Waals surface area contributed by atoms with Crippen LogP contribution in [0.2, 0.25) is 0 Å². The molecule has 4 N–H and O–H groups in total. The number of nitrogens with zero attached hydrogens (tertiary/aromatic N) is 1. The maximum absolute atomic E-state index is 12.6. The monoisotopic (exact) mass is 382 g/mol. The molecule has 0 aliphatic rings. The molecule has 1 atom stereocenters. The van der Waals surface area contributed by atoms with E-state index in [1.54, 1.807) is 0 Å². The molecule has 0 aliphatic carbocycles. The maximum atomic E-state index is 12.6. The summed E-state index contributed by atoms with van der Waals surface area (Å²) < 4.78 is 37.8. The second-order valence-electron chi connectivity index (χ2n) is 5.29. The van der Waals surface area contributed by atoms with E-state index in [1.165, 1.54) is 25.1 Å². The van der Waals surface area contributed by atoms with Gasteiger partial charge in [0.1, 0.15) is 16.3 Å². The van der Waals surface area contributed by atoms with E-state index >= 15 is 0 Å². The van der Waals surface area contributed by atoms with Crippen LogP contribution in [0.1, 0.15) is 18.2 Å². The van der Waals surface area contributed by atoms with Gasteiger partial charge >= 0.3 is 12.1 Å². The predicted molar refractivity (Wildman–Crippen MR) is 85.4 cm³/mol. The number of hydrogen-bond donors (Lipinski definition) is 3. The van der Waals surface area contributed by atoms with Crippen molar-refractivity contribution in [3.05, 3.63) is 34.8 Å². The van der Waals surface area contributed by atoms with E-state index in [0.29, 0.717) is 5.56 Å². The summed E-state index contributed by atoms with van der Waals surface area (Å²) in [5.74, 6) is -1.45. The zero-order valence-electron chi connectivity index (χ0n) is 12.3. The van der Waals surface area contributed by atoms with Crippen LogP contribution in [0.3, 0.4) is 0 Å². The molecule has 0 aliphatic heterocycles. The van der Waals surface area contributed by atoms with Crippen molar-refractivity contribution in [3.63, 3.8) is 0 Å².